The SMILES string of the molecule is C=CC(C)O.C=CC(C)OCC(=O)N1CCOCC1.O=C(CCl)N1CCOCC1. The molecule has 9 heteroatoms. The van der Waals surface area contributed by atoms with Gasteiger partial charge in [-0.3, -0.25) is 9.59 Å². The normalized spacial score (nSPS) is 18.2. The van der Waals surface area contributed by atoms with Crippen LogP contribution in [0, 0.1) is 0 Å². The second-order valence-corrected chi connectivity index (χ2v) is 6.62. The number of ether oxygens (including phenoxy) is 3. The number of hydrogen-bond donors (Lipinski definition) is 1. The molecule has 2 unspecified atom stereocenters. The van der Waals surface area contributed by atoms with E-state index in [1.54, 1.807) is 22.8 Å². The number of carbonyl (C=O) groups excluding carboxylic acids is 2. The first-order valence-corrected chi connectivity index (χ1v) is 10.2. The number of halogens is 1. The van der Waals surface area contributed by atoms with Crippen molar-refractivity contribution in [3.05, 3.63) is 25.3 Å². The highest BCUT2D eigenvalue weighted by Crippen LogP contribution is 2.00. The van der Waals surface area contributed by atoms with Gasteiger partial charge in [0.1, 0.15) is 12.5 Å². The van der Waals surface area contributed by atoms with Gasteiger partial charge in [-0.15, -0.1) is 24.8 Å². The second-order valence-electron chi connectivity index (χ2n) is 6.35. The molecule has 2 aliphatic heterocycles. The van der Waals surface area contributed by atoms with E-state index in [-0.39, 0.29) is 36.5 Å². The Morgan fingerprint density at radius 2 is 1.41 bits per heavy atom. The standard InChI is InChI=1S/C10H17NO3.C6H10ClNO2.C4H8O/c1-3-9(2)14-8-10(12)11-4-6-13-7-5-11;7-5-6(9)8-1-3-10-4-2-8;1-3-4(2)5/h3,9H,1,4-8H2,2H3;1-5H2;3-5H,1H2,2H3. The number of amides is 2. The van der Waals surface area contributed by atoms with E-state index in [2.05, 4.69) is 13.2 Å². The predicted molar refractivity (Wildman–Crippen MR) is 113 cm³/mol. The van der Waals surface area contributed by atoms with Crippen molar-refractivity contribution in [3.63, 3.8) is 0 Å². The Morgan fingerprint density at radius 3 is 1.76 bits per heavy atom. The lowest BCUT2D eigenvalue weighted by atomic mass is 10.4. The Hall–Kier alpha value is -1.45. The van der Waals surface area contributed by atoms with Gasteiger partial charge in [0.15, 0.2) is 0 Å². The third-order valence-corrected chi connectivity index (χ3v) is 4.21. The number of aliphatic hydroxyl groups is 1. The zero-order valence-electron chi connectivity index (χ0n) is 17.6. The van der Waals surface area contributed by atoms with Gasteiger partial charge in [0, 0.05) is 26.2 Å². The van der Waals surface area contributed by atoms with Crippen molar-refractivity contribution >= 4 is 23.4 Å². The third kappa shape index (κ3) is 14.2. The molecule has 8 nitrogen and oxygen atoms in total. The summed E-state index contributed by atoms with van der Waals surface area (Å²) in [5, 5.41) is 8.24. The average molecular weight is 435 g/mol. The van der Waals surface area contributed by atoms with Crippen molar-refractivity contribution in [3.8, 4) is 0 Å². The van der Waals surface area contributed by atoms with Crippen LogP contribution in [0.4, 0.5) is 0 Å². The number of alkyl halides is 1. The van der Waals surface area contributed by atoms with Crippen LogP contribution in [0.3, 0.4) is 0 Å². The van der Waals surface area contributed by atoms with E-state index in [9.17, 15) is 9.59 Å². The van der Waals surface area contributed by atoms with Gasteiger partial charge in [0.2, 0.25) is 11.8 Å². The fourth-order valence-corrected chi connectivity index (χ4v) is 2.24. The molecule has 0 aliphatic carbocycles. The third-order valence-electron chi connectivity index (χ3n) is 3.98. The van der Waals surface area contributed by atoms with Crippen LogP contribution < -0.4 is 0 Å². The van der Waals surface area contributed by atoms with Crippen LogP contribution in [0.5, 0.6) is 0 Å². The zero-order chi connectivity index (χ0) is 22.1. The van der Waals surface area contributed by atoms with Crippen molar-refractivity contribution in [1.82, 2.24) is 9.80 Å². The zero-order valence-corrected chi connectivity index (χ0v) is 18.3. The Balaban J connectivity index is 0.000000455. The maximum Gasteiger partial charge on any atom is 0.248 e. The van der Waals surface area contributed by atoms with Crippen LogP contribution in [-0.2, 0) is 23.8 Å². The Labute approximate surface area is 179 Å². The largest absolute Gasteiger partial charge is 0.389 e. The summed E-state index contributed by atoms with van der Waals surface area (Å²) in [6.07, 6.45) is 2.72. The van der Waals surface area contributed by atoms with Crippen molar-refractivity contribution in [2.24, 2.45) is 0 Å². The lowest BCUT2D eigenvalue weighted by molar-refractivity contribution is -0.141. The molecular formula is C20H35ClN2O6. The minimum Gasteiger partial charge on any atom is -0.389 e. The molecule has 2 aliphatic rings. The summed E-state index contributed by atoms with van der Waals surface area (Å²) in [5.74, 6) is 0.118. The maximum absolute atomic E-state index is 11.5. The van der Waals surface area contributed by atoms with Crippen LogP contribution in [0.2, 0.25) is 0 Å². The molecule has 0 spiro atoms. The first kappa shape index (κ1) is 27.5. The molecule has 2 atom stereocenters. The summed E-state index contributed by atoms with van der Waals surface area (Å²) in [7, 11) is 0. The minimum absolute atomic E-state index is 0.00460. The van der Waals surface area contributed by atoms with E-state index >= 15 is 0 Å². The molecule has 0 aromatic carbocycles. The first-order valence-electron chi connectivity index (χ1n) is 9.67. The molecule has 1 N–H and O–H groups in total. The quantitative estimate of drug-likeness (QED) is 0.497. The molecular weight excluding hydrogens is 400 g/mol. The highest BCUT2D eigenvalue weighted by molar-refractivity contribution is 6.27. The van der Waals surface area contributed by atoms with Crippen LogP contribution in [-0.4, -0.2) is 104 Å². The Kier molecular flexibility index (Phi) is 16.5. The lowest BCUT2D eigenvalue weighted by Gasteiger charge is -2.27. The molecule has 2 saturated heterocycles. The molecule has 0 saturated carbocycles. The smallest absolute Gasteiger partial charge is 0.248 e. The predicted octanol–water partition coefficient (Wildman–Crippen LogP) is 1.07. The van der Waals surface area contributed by atoms with E-state index in [1.807, 2.05) is 6.92 Å². The molecule has 168 valence electrons. The van der Waals surface area contributed by atoms with Gasteiger partial charge in [0.05, 0.1) is 38.6 Å². The molecule has 0 radical (unpaired) electrons. The van der Waals surface area contributed by atoms with E-state index in [1.165, 1.54) is 6.08 Å². The van der Waals surface area contributed by atoms with E-state index in [0.29, 0.717) is 52.6 Å². The average Bonchev–Trinajstić information content (AvgIpc) is 2.78. The molecule has 2 amide bonds. The summed E-state index contributed by atoms with van der Waals surface area (Å²) in [6.45, 7) is 15.8. The molecule has 0 aromatic heterocycles. The first-order chi connectivity index (χ1) is 13.8. The molecule has 2 fully saturated rings. The van der Waals surface area contributed by atoms with Gasteiger partial charge >= 0.3 is 0 Å². The summed E-state index contributed by atoms with van der Waals surface area (Å²) in [5.41, 5.74) is 0. The fourth-order valence-electron chi connectivity index (χ4n) is 2.07. The topological polar surface area (TPSA) is 88.5 Å². The van der Waals surface area contributed by atoms with E-state index in [0.717, 1.165) is 0 Å². The van der Waals surface area contributed by atoms with Crippen LogP contribution in [0.15, 0.2) is 25.3 Å². The highest BCUT2D eigenvalue weighted by Gasteiger charge is 2.17. The minimum atomic E-state index is -0.352. The van der Waals surface area contributed by atoms with Crippen molar-refractivity contribution < 1.29 is 28.9 Å². The molecule has 0 bridgehead atoms. The van der Waals surface area contributed by atoms with Gasteiger partial charge in [-0.25, -0.2) is 0 Å². The lowest BCUT2D eigenvalue weighted by Crippen LogP contribution is -2.42. The van der Waals surface area contributed by atoms with Gasteiger partial charge in [0.25, 0.3) is 0 Å². The summed E-state index contributed by atoms with van der Waals surface area (Å²) in [4.78, 5) is 25.9. The van der Waals surface area contributed by atoms with Crippen LogP contribution in [0.1, 0.15) is 13.8 Å². The summed E-state index contributed by atoms with van der Waals surface area (Å²) < 4.78 is 15.5. The van der Waals surface area contributed by atoms with Crippen molar-refractivity contribution in [1.29, 1.82) is 0 Å². The van der Waals surface area contributed by atoms with Gasteiger partial charge in [-0.05, 0) is 13.8 Å². The number of hydrogen-bond acceptors (Lipinski definition) is 6. The van der Waals surface area contributed by atoms with E-state index in [4.69, 9.17) is 30.9 Å². The van der Waals surface area contributed by atoms with Crippen molar-refractivity contribution in [2.75, 3.05) is 65.1 Å². The second kappa shape index (κ2) is 17.4. The molecule has 0 aromatic rings. The number of aliphatic hydroxyl groups excluding tert-OH is 1. The Morgan fingerprint density at radius 1 is 1.00 bits per heavy atom. The maximum atomic E-state index is 11.5. The fraction of sp³-hybridized carbons (Fsp3) is 0.700. The number of carbonyl (C=O) groups is 2. The monoisotopic (exact) mass is 434 g/mol. The van der Waals surface area contributed by atoms with Crippen LogP contribution >= 0.6 is 11.6 Å². The Bertz CT molecular complexity index is 478. The molecule has 29 heavy (non-hydrogen) atoms. The van der Waals surface area contributed by atoms with Crippen molar-refractivity contribution in [2.45, 2.75) is 26.1 Å². The van der Waals surface area contributed by atoms with Gasteiger partial charge in [-0.1, -0.05) is 12.2 Å². The number of morpholine rings is 2. The number of rotatable bonds is 6. The summed E-state index contributed by atoms with van der Waals surface area (Å²) >= 11 is 5.35. The van der Waals surface area contributed by atoms with Gasteiger partial charge in [-0.2, -0.15) is 0 Å². The highest BCUT2D eigenvalue weighted by atomic mass is 35.5. The number of nitrogens with zero attached hydrogens (tertiary/aromatic N) is 2. The van der Waals surface area contributed by atoms with Gasteiger partial charge < -0.3 is 29.1 Å². The van der Waals surface area contributed by atoms with Crippen LogP contribution in [0.25, 0.3) is 0 Å². The molecule has 2 heterocycles. The van der Waals surface area contributed by atoms with E-state index < -0.39 is 0 Å². The molecule has 2 rings (SSSR count). The summed E-state index contributed by atoms with van der Waals surface area (Å²) in [6, 6.07) is 0.